The van der Waals surface area contributed by atoms with Gasteiger partial charge in [0.25, 0.3) is 0 Å². The normalized spacial score (nSPS) is 12.6. The number of benzene rings is 1. The van der Waals surface area contributed by atoms with E-state index < -0.39 is 0 Å². The Bertz CT molecular complexity index is 517. The molecule has 0 amide bonds. The summed E-state index contributed by atoms with van der Waals surface area (Å²) >= 11 is 0. The summed E-state index contributed by atoms with van der Waals surface area (Å²) in [5.41, 5.74) is 4.09. The second-order valence-corrected chi connectivity index (χ2v) is 5.89. The van der Waals surface area contributed by atoms with Gasteiger partial charge in [0.15, 0.2) is 0 Å². The van der Waals surface area contributed by atoms with Crippen LogP contribution in [-0.2, 0) is 6.42 Å². The van der Waals surface area contributed by atoms with E-state index in [4.69, 9.17) is 0 Å². The molecule has 0 aliphatic carbocycles. The smallest absolute Gasteiger partial charge is 0.0360 e. The van der Waals surface area contributed by atoms with Gasteiger partial charge in [0, 0.05) is 18.4 Å². The number of nitrogens with zero attached hydrogens (tertiary/aromatic N) is 1. The molecule has 1 heterocycles. The van der Waals surface area contributed by atoms with Crippen LogP contribution in [0.15, 0.2) is 48.8 Å². The quantitative estimate of drug-likeness (QED) is 0.809. The van der Waals surface area contributed by atoms with Crippen LogP contribution >= 0.6 is 0 Å². The lowest BCUT2D eigenvalue weighted by Gasteiger charge is -2.20. The molecule has 2 nitrogen and oxygen atoms in total. The summed E-state index contributed by atoms with van der Waals surface area (Å²) in [4.78, 5) is 4.10. The number of nitrogens with one attached hydrogen (secondary N) is 1. The van der Waals surface area contributed by atoms with Gasteiger partial charge < -0.3 is 5.32 Å². The first-order chi connectivity index (χ1) is 10.2. The molecule has 0 fully saturated rings. The van der Waals surface area contributed by atoms with Crippen LogP contribution in [0.3, 0.4) is 0 Å². The highest BCUT2D eigenvalue weighted by molar-refractivity contribution is 5.28. The minimum Gasteiger partial charge on any atom is -0.310 e. The second kappa shape index (κ2) is 7.94. The zero-order valence-corrected chi connectivity index (χ0v) is 13.3. The van der Waals surface area contributed by atoms with Crippen molar-refractivity contribution in [2.45, 2.75) is 45.6 Å². The van der Waals surface area contributed by atoms with Crippen molar-refractivity contribution in [3.05, 3.63) is 65.5 Å². The summed E-state index contributed by atoms with van der Waals surface area (Å²) in [7, 11) is 0. The summed E-state index contributed by atoms with van der Waals surface area (Å²) in [6.45, 7) is 7.72. The van der Waals surface area contributed by atoms with E-state index in [0.29, 0.717) is 12.0 Å². The van der Waals surface area contributed by atoms with Crippen LogP contribution in [-0.4, -0.2) is 11.5 Å². The molecule has 0 spiro atoms. The monoisotopic (exact) mass is 282 g/mol. The Morgan fingerprint density at radius 2 is 1.57 bits per heavy atom. The van der Waals surface area contributed by atoms with Crippen molar-refractivity contribution < 1.29 is 0 Å². The van der Waals surface area contributed by atoms with Gasteiger partial charge in [0.2, 0.25) is 0 Å². The molecule has 1 unspecified atom stereocenters. The Morgan fingerprint density at radius 1 is 0.952 bits per heavy atom. The van der Waals surface area contributed by atoms with Crippen LogP contribution in [0.25, 0.3) is 0 Å². The Labute approximate surface area is 128 Å². The van der Waals surface area contributed by atoms with Crippen molar-refractivity contribution in [3.8, 4) is 0 Å². The average Bonchev–Trinajstić information content (AvgIpc) is 2.52. The fourth-order valence-electron chi connectivity index (χ4n) is 2.49. The maximum absolute atomic E-state index is 4.10. The molecule has 21 heavy (non-hydrogen) atoms. The average molecular weight is 282 g/mol. The van der Waals surface area contributed by atoms with Gasteiger partial charge in [-0.25, -0.2) is 0 Å². The lowest BCUT2D eigenvalue weighted by Crippen LogP contribution is -2.24. The first-order valence-corrected chi connectivity index (χ1v) is 7.92. The van der Waals surface area contributed by atoms with Crippen LogP contribution < -0.4 is 5.32 Å². The highest BCUT2D eigenvalue weighted by atomic mass is 14.9. The van der Waals surface area contributed by atoms with Crippen LogP contribution in [0.1, 0.15) is 55.8 Å². The highest BCUT2D eigenvalue weighted by Crippen LogP contribution is 2.21. The SMILES string of the molecule is CCCNC(Cc1ccncc1)c1ccc(C(C)C)cc1. The van der Waals surface area contributed by atoms with Gasteiger partial charge in [-0.1, -0.05) is 45.0 Å². The number of hydrogen-bond donors (Lipinski definition) is 1. The van der Waals surface area contributed by atoms with Gasteiger partial charge in [-0.05, 0) is 54.1 Å². The number of hydrogen-bond acceptors (Lipinski definition) is 2. The van der Waals surface area contributed by atoms with Gasteiger partial charge in [-0.15, -0.1) is 0 Å². The van der Waals surface area contributed by atoms with Crippen molar-refractivity contribution in [3.63, 3.8) is 0 Å². The summed E-state index contributed by atoms with van der Waals surface area (Å²) in [6, 6.07) is 13.6. The summed E-state index contributed by atoms with van der Waals surface area (Å²) in [5.74, 6) is 0.585. The van der Waals surface area contributed by atoms with Crippen molar-refractivity contribution in [1.29, 1.82) is 0 Å². The van der Waals surface area contributed by atoms with E-state index in [1.807, 2.05) is 12.4 Å². The molecule has 0 aliphatic heterocycles. The van der Waals surface area contributed by atoms with Crippen LogP contribution in [0.5, 0.6) is 0 Å². The van der Waals surface area contributed by atoms with Gasteiger partial charge in [0.1, 0.15) is 0 Å². The molecule has 0 bridgehead atoms. The van der Waals surface area contributed by atoms with Crippen molar-refractivity contribution in [2.75, 3.05) is 6.54 Å². The molecule has 0 aliphatic rings. The van der Waals surface area contributed by atoms with Gasteiger partial charge >= 0.3 is 0 Å². The number of aromatic nitrogens is 1. The zero-order chi connectivity index (χ0) is 15.1. The van der Waals surface area contributed by atoms with E-state index >= 15 is 0 Å². The molecule has 1 aromatic heterocycles. The molecule has 0 radical (unpaired) electrons. The Hall–Kier alpha value is -1.67. The fourth-order valence-corrected chi connectivity index (χ4v) is 2.49. The predicted molar refractivity (Wildman–Crippen MR) is 89.5 cm³/mol. The van der Waals surface area contributed by atoms with Crippen LogP contribution in [0.4, 0.5) is 0 Å². The van der Waals surface area contributed by atoms with Crippen molar-refractivity contribution in [2.24, 2.45) is 0 Å². The molecule has 112 valence electrons. The second-order valence-electron chi connectivity index (χ2n) is 5.89. The molecule has 2 rings (SSSR count). The maximum atomic E-state index is 4.10. The molecule has 2 heteroatoms. The van der Waals surface area contributed by atoms with Crippen LogP contribution in [0.2, 0.25) is 0 Å². The molecular weight excluding hydrogens is 256 g/mol. The van der Waals surface area contributed by atoms with E-state index in [-0.39, 0.29) is 0 Å². The van der Waals surface area contributed by atoms with Gasteiger partial charge in [0.05, 0.1) is 0 Å². The fraction of sp³-hybridized carbons (Fsp3) is 0.421. The Kier molecular flexibility index (Phi) is 5.94. The summed E-state index contributed by atoms with van der Waals surface area (Å²) in [6.07, 6.45) is 5.89. The maximum Gasteiger partial charge on any atom is 0.0360 e. The van der Waals surface area contributed by atoms with Crippen molar-refractivity contribution in [1.82, 2.24) is 10.3 Å². The largest absolute Gasteiger partial charge is 0.310 e. The summed E-state index contributed by atoms with van der Waals surface area (Å²) < 4.78 is 0. The lowest BCUT2D eigenvalue weighted by atomic mass is 9.95. The summed E-state index contributed by atoms with van der Waals surface area (Å²) in [5, 5.41) is 3.66. The topological polar surface area (TPSA) is 24.9 Å². The molecule has 0 saturated heterocycles. The molecule has 1 aromatic carbocycles. The standard InChI is InChI=1S/C19H26N2/c1-4-11-21-19(14-16-9-12-20-13-10-16)18-7-5-17(6-8-18)15(2)3/h5-10,12-13,15,19,21H,4,11,14H2,1-3H3. The lowest BCUT2D eigenvalue weighted by molar-refractivity contribution is 0.529. The van der Waals surface area contributed by atoms with E-state index in [0.717, 1.165) is 19.4 Å². The molecule has 2 aromatic rings. The van der Waals surface area contributed by atoms with Crippen LogP contribution in [0, 0.1) is 0 Å². The molecule has 1 atom stereocenters. The number of rotatable bonds is 7. The first kappa shape index (κ1) is 15.7. The predicted octanol–water partition coefficient (Wildman–Crippen LogP) is 4.49. The first-order valence-electron chi connectivity index (χ1n) is 7.92. The molecular formula is C19H26N2. The third kappa shape index (κ3) is 4.68. The van der Waals surface area contributed by atoms with E-state index in [1.54, 1.807) is 0 Å². The van der Waals surface area contributed by atoms with Crippen molar-refractivity contribution >= 4 is 0 Å². The van der Waals surface area contributed by atoms with E-state index in [2.05, 4.69) is 67.5 Å². The minimum absolute atomic E-state index is 0.369. The zero-order valence-electron chi connectivity index (χ0n) is 13.3. The third-order valence-electron chi connectivity index (χ3n) is 3.84. The van der Waals surface area contributed by atoms with Gasteiger partial charge in [-0.3, -0.25) is 4.98 Å². The highest BCUT2D eigenvalue weighted by Gasteiger charge is 2.12. The Morgan fingerprint density at radius 3 is 2.14 bits per heavy atom. The third-order valence-corrected chi connectivity index (χ3v) is 3.84. The van der Waals surface area contributed by atoms with E-state index in [1.165, 1.54) is 16.7 Å². The molecule has 0 saturated carbocycles. The van der Waals surface area contributed by atoms with Gasteiger partial charge in [-0.2, -0.15) is 0 Å². The Balaban J connectivity index is 2.14. The van der Waals surface area contributed by atoms with E-state index in [9.17, 15) is 0 Å². The number of pyridine rings is 1. The minimum atomic E-state index is 0.369. The molecule has 1 N–H and O–H groups in total.